The number of nitrogens with zero attached hydrogens (tertiary/aromatic N) is 2. The molecule has 5 nitrogen and oxygen atoms in total. The number of hydrogen-bond acceptors (Lipinski definition) is 5. The number of nitrogens with two attached hydrogens (primary N) is 1. The molecule has 1 aromatic carbocycles. The van der Waals surface area contributed by atoms with E-state index < -0.39 is 0 Å². The average molecular weight is 285 g/mol. The number of ether oxygens (including phenoxy) is 2. The summed E-state index contributed by atoms with van der Waals surface area (Å²) in [6.45, 7) is 2.10. The molecule has 0 amide bonds. The molecule has 21 heavy (non-hydrogen) atoms. The topological polar surface area (TPSA) is 70.3 Å². The molecule has 1 aromatic heterocycles. The Morgan fingerprint density at radius 3 is 2.67 bits per heavy atom. The number of aryl methyl sites for hydroxylation is 1. The minimum Gasteiger partial charge on any atom is -0.493 e. The van der Waals surface area contributed by atoms with E-state index in [1.807, 2.05) is 18.2 Å². The summed E-state index contributed by atoms with van der Waals surface area (Å²) >= 11 is 0. The lowest BCUT2D eigenvalue weighted by atomic mass is 10.1. The van der Waals surface area contributed by atoms with Gasteiger partial charge in [0.15, 0.2) is 11.5 Å². The fourth-order valence-electron chi connectivity index (χ4n) is 2.17. The Bertz CT molecular complexity index is 654. The molecule has 1 heterocycles. The van der Waals surface area contributed by atoms with E-state index in [1.54, 1.807) is 13.2 Å². The van der Waals surface area contributed by atoms with Gasteiger partial charge >= 0.3 is 0 Å². The molecule has 0 saturated heterocycles. The molecule has 3 rings (SSSR count). The van der Waals surface area contributed by atoms with Gasteiger partial charge in [0.2, 0.25) is 5.88 Å². The van der Waals surface area contributed by atoms with Gasteiger partial charge in [-0.25, -0.2) is 4.98 Å². The molecule has 0 unspecified atom stereocenters. The number of methoxy groups -OCH3 is 1. The summed E-state index contributed by atoms with van der Waals surface area (Å²) in [6, 6.07) is 7.53. The molecule has 1 aliphatic carbocycles. The van der Waals surface area contributed by atoms with E-state index >= 15 is 0 Å². The molecular weight excluding hydrogens is 266 g/mol. The molecule has 0 radical (unpaired) electrons. The van der Waals surface area contributed by atoms with Gasteiger partial charge in [0, 0.05) is 12.0 Å². The fourth-order valence-corrected chi connectivity index (χ4v) is 2.17. The van der Waals surface area contributed by atoms with Gasteiger partial charge in [-0.2, -0.15) is 4.98 Å². The minimum atomic E-state index is 0.431. The highest BCUT2D eigenvalue weighted by atomic mass is 16.5. The van der Waals surface area contributed by atoms with Gasteiger partial charge < -0.3 is 15.2 Å². The zero-order valence-electron chi connectivity index (χ0n) is 12.3. The minimum absolute atomic E-state index is 0.431. The Labute approximate surface area is 124 Å². The van der Waals surface area contributed by atoms with Crippen LogP contribution >= 0.6 is 0 Å². The summed E-state index contributed by atoms with van der Waals surface area (Å²) in [7, 11) is 1.63. The molecule has 2 N–H and O–H groups in total. The van der Waals surface area contributed by atoms with E-state index in [1.165, 1.54) is 5.56 Å². The van der Waals surface area contributed by atoms with Crippen LogP contribution in [0.2, 0.25) is 0 Å². The van der Waals surface area contributed by atoms with Crippen LogP contribution in [0.15, 0.2) is 24.3 Å². The highest BCUT2D eigenvalue weighted by Crippen LogP contribution is 2.39. The second-order valence-electron chi connectivity index (χ2n) is 5.20. The maximum atomic E-state index is 5.84. The predicted octanol–water partition coefficient (Wildman–Crippen LogP) is 3.30. The normalized spacial score (nSPS) is 14.0. The largest absolute Gasteiger partial charge is 0.493 e. The SMILES string of the molecule is CCc1ccc(Oc2cc(N)nc(C3CC3)n2)c(OC)c1. The van der Waals surface area contributed by atoms with Crippen LogP contribution in [0.3, 0.4) is 0 Å². The van der Waals surface area contributed by atoms with E-state index in [4.69, 9.17) is 15.2 Å². The van der Waals surface area contributed by atoms with Crippen molar-refractivity contribution in [2.24, 2.45) is 0 Å². The lowest BCUT2D eigenvalue weighted by Gasteiger charge is -2.11. The average Bonchev–Trinajstić information content (AvgIpc) is 3.31. The molecular formula is C16H19N3O2. The highest BCUT2D eigenvalue weighted by molar-refractivity contribution is 5.45. The molecule has 0 bridgehead atoms. The van der Waals surface area contributed by atoms with Crippen LogP contribution in [0, 0.1) is 0 Å². The van der Waals surface area contributed by atoms with E-state index in [0.29, 0.717) is 29.1 Å². The zero-order valence-corrected chi connectivity index (χ0v) is 12.3. The Hall–Kier alpha value is -2.30. The van der Waals surface area contributed by atoms with Gasteiger partial charge in [-0.1, -0.05) is 13.0 Å². The van der Waals surface area contributed by atoms with Crippen LogP contribution in [-0.4, -0.2) is 17.1 Å². The lowest BCUT2D eigenvalue weighted by Crippen LogP contribution is -2.01. The number of aromatic nitrogens is 2. The number of rotatable bonds is 5. The van der Waals surface area contributed by atoms with Crippen LogP contribution < -0.4 is 15.2 Å². The summed E-state index contributed by atoms with van der Waals surface area (Å²) in [5.74, 6) is 3.43. The van der Waals surface area contributed by atoms with Gasteiger partial charge in [0.25, 0.3) is 0 Å². The maximum absolute atomic E-state index is 5.84. The molecule has 1 fully saturated rings. The Morgan fingerprint density at radius 1 is 1.19 bits per heavy atom. The monoisotopic (exact) mass is 285 g/mol. The quantitative estimate of drug-likeness (QED) is 0.912. The molecule has 1 saturated carbocycles. The van der Waals surface area contributed by atoms with Gasteiger partial charge in [0.1, 0.15) is 11.6 Å². The molecule has 2 aromatic rings. The second kappa shape index (κ2) is 5.60. The molecule has 0 spiro atoms. The summed E-state index contributed by atoms with van der Waals surface area (Å²) in [6.07, 6.45) is 3.19. The van der Waals surface area contributed by atoms with Crippen molar-refractivity contribution in [3.8, 4) is 17.4 Å². The Balaban J connectivity index is 1.89. The van der Waals surface area contributed by atoms with Gasteiger partial charge in [0.05, 0.1) is 7.11 Å². The van der Waals surface area contributed by atoms with Crippen LogP contribution in [-0.2, 0) is 6.42 Å². The zero-order chi connectivity index (χ0) is 14.8. The van der Waals surface area contributed by atoms with Crippen molar-refractivity contribution in [1.29, 1.82) is 0 Å². The Morgan fingerprint density at radius 2 is 2.00 bits per heavy atom. The number of anilines is 1. The first-order valence-electron chi connectivity index (χ1n) is 7.18. The second-order valence-corrected chi connectivity index (χ2v) is 5.20. The summed E-state index contributed by atoms with van der Waals surface area (Å²) < 4.78 is 11.2. The maximum Gasteiger partial charge on any atom is 0.224 e. The van der Waals surface area contributed by atoms with Gasteiger partial charge in [-0.15, -0.1) is 0 Å². The van der Waals surface area contributed by atoms with E-state index in [-0.39, 0.29) is 0 Å². The van der Waals surface area contributed by atoms with Crippen LogP contribution in [0.1, 0.15) is 37.1 Å². The predicted molar refractivity (Wildman–Crippen MR) is 80.9 cm³/mol. The molecule has 110 valence electrons. The highest BCUT2D eigenvalue weighted by Gasteiger charge is 2.27. The van der Waals surface area contributed by atoms with Crippen molar-refractivity contribution >= 4 is 5.82 Å². The number of nitrogen functional groups attached to an aromatic ring is 1. The first-order valence-corrected chi connectivity index (χ1v) is 7.18. The van der Waals surface area contributed by atoms with Crippen LogP contribution in [0.25, 0.3) is 0 Å². The Kier molecular flexibility index (Phi) is 3.64. The third kappa shape index (κ3) is 3.07. The lowest BCUT2D eigenvalue weighted by molar-refractivity contribution is 0.373. The van der Waals surface area contributed by atoms with Gasteiger partial charge in [-0.3, -0.25) is 0 Å². The van der Waals surface area contributed by atoms with Crippen molar-refractivity contribution in [1.82, 2.24) is 9.97 Å². The van der Waals surface area contributed by atoms with Crippen molar-refractivity contribution in [2.45, 2.75) is 32.1 Å². The number of benzene rings is 1. The standard InChI is InChI=1S/C16H19N3O2/c1-3-10-4-7-12(13(8-10)20-2)21-15-9-14(17)18-16(19-15)11-5-6-11/h4,7-9,11H,3,5-6H2,1-2H3,(H2,17,18,19). The van der Waals surface area contributed by atoms with Crippen LogP contribution in [0.5, 0.6) is 17.4 Å². The fraction of sp³-hybridized carbons (Fsp3) is 0.375. The van der Waals surface area contributed by atoms with E-state index in [0.717, 1.165) is 25.1 Å². The third-order valence-electron chi connectivity index (χ3n) is 3.53. The van der Waals surface area contributed by atoms with E-state index in [2.05, 4.69) is 16.9 Å². The van der Waals surface area contributed by atoms with E-state index in [9.17, 15) is 0 Å². The van der Waals surface area contributed by atoms with Crippen molar-refractivity contribution in [2.75, 3.05) is 12.8 Å². The summed E-state index contributed by atoms with van der Waals surface area (Å²) in [4.78, 5) is 8.70. The van der Waals surface area contributed by atoms with Crippen molar-refractivity contribution in [3.05, 3.63) is 35.7 Å². The van der Waals surface area contributed by atoms with Crippen molar-refractivity contribution in [3.63, 3.8) is 0 Å². The van der Waals surface area contributed by atoms with Crippen molar-refractivity contribution < 1.29 is 9.47 Å². The smallest absolute Gasteiger partial charge is 0.224 e. The number of hydrogen-bond donors (Lipinski definition) is 1. The summed E-state index contributed by atoms with van der Waals surface area (Å²) in [5.41, 5.74) is 7.03. The summed E-state index contributed by atoms with van der Waals surface area (Å²) in [5, 5.41) is 0. The molecule has 0 atom stereocenters. The molecule has 1 aliphatic rings. The molecule has 0 aliphatic heterocycles. The molecule has 5 heteroatoms. The van der Waals surface area contributed by atoms with Crippen LogP contribution in [0.4, 0.5) is 5.82 Å². The first kappa shape index (κ1) is 13.7. The third-order valence-corrected chi connectivity index (χ3v) is 3.53. The first-order chi connectivity index (χ1) is 10.2. The van der Waals surface area contributed by atoms with Gasteiger partial charge in [-0.05, 0) is 37.0 Å².